The zero-order valence-electron chi connectivity index (χ0n) is 16.0. The Morgan fingerprint density at radius 2 is 1.46 bits per heavy atom. The smallest absolute Gasteiger partial charge is 0.145 e. The number of terminal acetylenes is 1. The molecule has 0 saturated heterocycles. The first-order valence-electron chi connectivity index (χ1n) is 8.36. The number of nitrogens with zero attached hydrogens (tertiary/aromatic N) is 2. The number of aliphatic hydroxyl groups is 3. The first-order chi connectivity index (χ1) is 13.3. The average molecular weight is 376 g/mol. The Bertz CT molecular complexity index is 876. The molecule has 0 spiro atoms. The van der Waals surface area contributed by atoms with Crippen LogP contribution in [0.3, 0.4) is 0 Å². The monoisotopic (exact) mass is 376 g/mol. The van der Waals surface area contributed by atoms with Gasteiger partial charge in [-0.2, -0.15) is 10.5 Å². The van der Waals surface area contributed by atoms with E-state index in [1.165, 1.54) is 19.9 Å². The van der Waals surface area contributed by atoms with Crippen molar-refractivity contribution in [2.24, 2.45) is 0 Å². The van der Waals surface area contributed by atoms with Crippen molar-refractivity contribution in [2.45, 2.75) is 32.7 Å². The topological polar surface area (TPSA) is 108 Å². The summed E-state index contributed by atoms with van der Waals surface area (Å²) in [6, 6.07) is 18.3. The van der Waals surface area contributed by atoms with Crippen molar-refractivity contribution in [3.05, 3.63) is 76.9 Å². The lowest BCUT2D eigenvalue weighted by Crippen LogP contribution is -2.13. The molecule has 2 rings (SSSR count). The third-order valence-corrected chi connectivity index (χ3v) is 3.18. The molecule has 0 fully saturated rings. The third kappa shape index (κ3) is 10.6. The van der Waals surface area contributed by atoms with Crippen LogP contribution in [0.2, 0.25) is 0 Å². The van der Waals surface area contributed by atoms with Crippen LogP contribution in [-0.2, 0) is 13.2 Å². The van der Waals surface area contributed by atoms with Crippen molar-refractivity contribution in [3.63, 3.8) is 0 Å². The predicted molar refractivity (Wildman–Crippen MR) is 109 cm³/mol. The Labute approximate surface area is 166 Å². The highest BCUT2D eigenvalue weighted by atomic mass is 16.3. The van der Waals surface area contributed by atoms with Gasteiger partial charge in [-0.3, -0.25) is 0 Å². The maximum absolute atomic E-state index is 8.90. The van der Waals surface area contributed by atoms with Gasteiger partial charge in [0.15, 0.2) is 0 Å². The van der Waals surface area contributed by atoms with E-state index in [0.717, 1.165) is 22.3 Å². The third-order valence-electron chi connectivity index (χ3n) is 3.18. The van der Waals surface area contributed by atoms with E-state index in [-0.39, 0.29) is 13.2 Å². The summed E-state index contributed by atoms with van der Waals surface area (Å²) in [5.74, 6) is 2.49. The Morgan fingerprint density at radius 3 is 1.89 bits per heavy atom. The number of aliphatic hydroxyl groups excluding tert-OH is 2. The molecule has 0 aliphatic heterocycles. The molecule has 0 aliphatic carbocycles. The normalized spacial score (nSPS) is 9.64. The Balaban J connectivity index is 0.000000414. The largest absolute Gasteiger partial charge is 0.392 e. The summed E-state index contributed by atoms with van der Waals surface area (Å²) in [6.07, 6.45) is 8.25. The van der Waals surface area contributed by atoms with Crippen LogP contribution in [0, 0.1) is 35.0 Å². The molecule has 0 aliphatic rings. The van der Waals surface area contributed by atoms with Crippen LogP contribution in [0.15, 0.2) is 54.6 Å². The summed E-state index contributed by atoms with van der Waals surface area (Å²) in [6.45, 7) is 2.90. The highest BCUT2D eigenvalue weighted by molar-refractivity contribution is 5.55. The molecule has 0 saturated carbocycles. The molecule has 28 heavy (non-hydrogen) atoms. The van der Waals surface area contributed by atoms with Gasteiger partial charge in [-0.1, -0.05) is 48.4 Å². The van der Waals surface area contributed by atoms with Gasteiger partial charge in [-0.25, -0.2) is 0 Å². The summed E-state index contributed by atoms with van der Waals surface area (Å²) in [7, 11) is 0. The molecule has 5 nitrogen and oxygen atoms in total. The second-order valence-corrected chi connectivity index (χ2v) is 5.95. The van der Waals surface area contributed by atoms with Crippen LogP contribution in [0.1, 0.15) is 36.1 Å². The molecule has 144 valence electrons. The predicted octanol–water partition coefficient (Wildman–Crippen LogP) is 3.16. The molecule has 0 amide bonds. The molecule has 0 atom stereocenters. The average Bonchev–Trinajstić information content (AvgIpc) is 2.72. The molecule has 0 unspecified atom stereocenters. The number of benzene rings is 2. The van der Waals surface area contributed by atoms with E-state index in [4.69, 9.17) is 32.3 Å². The standard InChI is InChI=1S/C10H9NO.C9H8O.C4H7NO/c11-7-3-6-9-4-1-2-5-10(9)8-12;1-2-8-5-3-4-6-9(8)7-10;1-4(2,6)3-5/h1-6,12H,8H2;1,3-6,10H,7H2;6H,1-2H3/b6-3+;;. The van der Waals surface area contributed by atoms with Gasteiger partial charge in [0.05, 0.1) is 25.4 Å². The van der Waals surface area contributed by atoms with Crippen LogP contribution in [0.4, 0.5) is 0 Å². The molecular formula is C23H24N2O3. The zero-order valence-corrected chi connectivity index (χ0v) is 16.0. The van der Waals surface area contributed by atoms with Crippen LogP contribution in [0.25, 0.3) is 6.08 Å². The number of hydrogen-bond donors (Lipinski definition) is 3. The molecule has 5 heteroatoms. The van der Waals surface area contributed by atoms with Crippen molar-refractivity contribution >= 4 is 6.08 Å². The Kier molecular flexibility index (Phi) is 12.1. The van der Waals surface area contributed by atoms with Crippen LogP contribution < -0.4 is 0 Å². The van der Waals surface area contributed by atoms with Gasteiger partial charge in [0.1, 0.15) is 5.60 Å². The van der Waals surface area contributed by atoms with E-state index in [2.05, 4.69) is 5.92 Å². The molecule has 2 aromatic rings. The van der Waals surface area contributed by atoms with Crippen LogP contribution in [0.5, 0.6) is 0 Å². The van der Waals surface area contributed by atoms with Gasteiger partial charge in [0.25, 0.3) is 0 Å². The molecule has 2 aromatic carbocycles. The SMILES string of the molecule is C#Cc1ccccc1CO.CC(C)(O)C#N.N#C/C=C/c1ccccc1CO. The van der Waals surface area contributed by atoms with Crippen molar-refractivity contribution in [1.82, 2.24) is 0 Å². The van der Waals surface area contributed by atoms with Gasteiger partial charge < -0.3 is 15.3 Å². The molecule has 3 N–H and O–H groups in total. The first-order valence-corrected chi connectivity index (χ1v) is 8.36. The van der Waals surface area contributed by atoms with E-state index in [9.17, 15) is 0 Å². The summed E-state index contributed by atoms with van der Waals surface area (Å²) >= 11 is 0. The minimum atomic E-state index is -1.15. The van der Waals surface area contributed by atoms with Gasteiger partial charge in [-0.05, 0) is 42.7 Å². The fourth-order valence-corrected chi connectivity index (χ4v) is 1.77. The Hall–Kier alpha value is -3.40. The minimum Gasteiger partial charge on any atom is -0.392 e. The van der Waals surface area contributed by atoms with E-state index in [1.807, 2.05) is 54.6 Å². The van der Waals surface area contributed by atoms with Gasteiger partial charge in [0, 0.05) is 11.6 Å². The second kappa shape index (κ2) is 13.8. The van der Waals surface area contributed by atoms with Crippen molar-refractivity contribution in [1.29, 1.82) is 10.5 Å². The summed E-state index contributed by atoms with van der Waals surface area (Å²) in [4.78, 5) is 0. The van der Waals surface area contributed by atoms with Crippen molar-refractivity contribution in [3.8, 4) is 24.5 Å². The van der Waals surface area contributed by atoms with Crippen molar-refractivity contribution in [2.75, 3.05) is 0 Å². The van der Waals surface area contributed by atoms with E-state index in [0.29, 0.717) is 0 Å². The highest BCUT2D eigenvalue weighted by Crippen LogP contribution is 2.10. The Morgan fingerprint density at radius 1 is 0.964 bits per heavy atom. The van der Waals surface area contributed by atoms with Gasteiger partial charge in [-0.15, -0.1) is 6.42 Å². The quantitative estimate of drug-likeness (QED) is 0.433. The van der Waals surface area contributed by atoms with E-state index in [1.54, 1.807) is 12.1 Å². The lowest BCUT2D eigenvalue weighted by molar-refractivity contribution is 0.141. The number of rotatable bonds is 3. The summed E-state index contributed by atoms with van der Waals surface area (Å²) in [5.41, 5.74) is 2.15. The molecule has 0 radical (unpaired) electrons. The van der Waals surface area contributed by atoms with Gasteiger partial charge in [0.2, 0.25) is 0 Å². The van der Waals surface area contributed by atoms with Crippen molar-refractivity contribution < 1.29 is 15.3 Å². The zero-order chi connectivity index (χ0) is 21.4. The lowest BCUT2D eigenvalue weighted by Gasteiger charge is -2.00. The van der Waals surface area contributed by atoms with E-state index < -0.39 is 5.60 Å². The van der Waals surface area contributed by atoms with E-state index >= 15 is 0 Å². The molecule has 0 heterocycles. The van der Waals surface area contributed by atoms with Crippen LogP contribution >= 0.6 is 0 Å². The number of allylic oxidation sites excluding steroid dienone is 1. The lowest BCUT2D eigenvalue weighted by atomic mass is 10.1. The first kappa shape index (κ1) is 24.6. The van der Waals surface area contributed by atoms with Gasteiger partial charge >= 0.3 is 0 Å². The highest BCUT2D eigenvalue weighted by Gasteiger charge is 2.07. The summed E-state index contributed by atoms with van der Waals surface area (Å²) in [5, 5.41) is 42.3. The molecular weight excluding hydrogens is 352 g/mol. The molecule has 0 bridgehead atoms. The second-order valence-electron chi connectivity index (χ2n) is 5.95. The minimum absolute atomic E-state index is 0.00589. The maximum Gasteiger partial charge on any atom is 0.145 e. The fourth-order valence-electron chi connectivity index (χ4n) is 1.77. The van der Waals surface area contributed by atoms with Crippen LogP contribution in [-0.4, -0.2) is 20.9 Å². The molecule has 0 aromatic heterocycles. The number of hydrogen-bond acceptors (Lipinski definition) is 5. The fraction of sp³-hybridized carbons (Fsp3) is 0.217. The summed E-state index contributed by atoms with van der Waals surface area (Å²) < 4.78 is 0. The maximum atomic E-state index is 8.90. The number of nitriles is 2.